The van der Waals surface area contributed by atoms with Gasteiger partial charge in [-0.3, -0.25) is 4.90 Å². The SMILES string of the molecule is Cn1cnc(S(=O)(=O)N2C[C@H](Oc3cc(C(F)(F)F)ncn3)[C@@H](N3CC(F)C3)C2)c1. The third-order valence-electron chi connectivity index (χ3n) is 5.03. The molecule has 0 saturated carbocycles. The minimum absolute atomic E-state index is 0.00644. The zero-order valence-electron chi connectivity index (χ0n) is 15.7. The van der Waals surface area contributed by atoms with Crippen LogP contribution in [0.1, 0.15) is 5.69 Å². The lowest BCUT2D eigenvalue weighted by atomic mass is 10.1. The topological polar surface area (TPSA) is 93.5 Å². The van der Waals surface area contributed by atoms with Crippen LogP contribution in [0, 0.1) is 0 Å². The molecule has 9 nitrogen and oxygen atoms in total. The summed E-state index contributed by atoms with van der Waals surface area (Å²) in [4.78, 5) is 12.5. The number of hydrogen-bond acceptors (Lipinski definition) is 7. The fraction of sp³-hybridized carbons (Fsp3) is 0.562. The van der Waals surface area contributed by atoms with Crippen molar-refractivity contribution in [2.45, 2.75) is 29.5 Å². The summed E-state index contributed by atoms with van der Waals surface area (Å²) in [6.45, 7) is 0.0506. The highest BCUT2D eigenvalue weighted by Gasteiger charge is 2.47. The first kappa shape index (κ1) is 20.9. The van der Waals surface area contributed by atoms with Crippen LogP contribution in [0.15, 0.2) is 29.9 Å². The highest BCUT2D eigenvalue weighted by molar-refractivity contribution is 7.89. The zero-order valence-corrected chi connectivity index (χ0v) is 16.5. The van der Waals surface area contributed by atoms with Crippen LogP contribution >= 0.6 is 0 Å². The minimum atomic E-state index is -4.68. The Morgan fingerprint density at radius 3 is 2.47 bits per heavy atom. The van der Waals surface area contributed by atoms with Gasteiger partial charge in [-0.2, -0.15) is 17.5 Å². The summed E-state index contributed by atoms with van der Waals surface area (Å²) in [7, 11) is -2.33. The first-order chi connectivity index (χ1) is 14.0. The second kappa shape index (κ2) is 7.42. The molecule has 0 spiro atoms. The Morgan fingerprint density at radius 2 is 1.87 bits per heavy atom. The third-order valence-corrected chi connectivity index (χ3v) is 6.74. The maximum Gasteiger partial charge on any atom is 0.433 e. The fourth-order valence-electron chi connectivity index (χ4n) is 3.48. The summed E-state index contributed by atoms with van der Waals surface area (Å²) >= 11 is 0. The summed E-state index contributed by atoms with van der Waals surface area (Å²) in [6.07, 6.45) is -3.14. The van der Waals surface area contributed by atoms with E-state index in [4.69, 9.17) is 4.74 Å². The predicted molar refractivity (Wildman–Crippen MR) is 93.7 cm³/mol. The first-order valence-corrected chi connectivity index (χ1v) is 10.4. The molecule has 164 valence electrons. The van der Waals surface area contributed by atoms with E-state index in [0.717, 1.165) is 10.6 Å². The lowest BCUT2D eigenvalue weighted by Gasteiger charge is -2.40. The highest BCUT2D eigenvalue weighted by Crippen LogP contribution is 2.31. The van der Waals surface area contributed by atoms with Crippen LogP contribution in [0.4, 0.5) is 17.6 Å². The lowest BCUT2D eigenvalue weighted by Crippen LogP contribution is -2.58. The average molecular weight is 450 g/mol. The molecule has 0 unspecified atom stereocenters. The van der Waals surface area contributed by atoms with E-state index in [-0.39, 0.29) is 37.1 Å². The maximum absolute atomic E-state index is 13.4. The van der Waals surface area contributed by atoms with Gasteiger partial charge < -0.3 is 9.30 Å². The number of halogens is 4. The number of sulfonamides is 1. The Morgan fingerprint density at radius 1 is 1.13 bits per heavy atom. The van der Waals surface area contributed by atoms with Gasteiger partial charge in [-0.1, -0.05) is 0 Å². The highest BCUT2D eigenvalue weighted by atomic mass is 32.2. The Bertz CT molecular complexity index is 1020. The number of hydrogen-bond donors (Lipinski definition) is 0. The molecule has 0 aromatic carbocycles. The van der Waals surface area contributed by atoms with Gasteiger partial charge in [0, 0.05) is 38.9 Å². The van der Waals surface area contributed by atoms with Crippen molar-refractivity contribution >= 4 is 10.0 Å². The molecule has 2 aromatic rings. The summed E-state index contributed by atoms with van der Waals surface area (Å²) in [5.74, 6) is -0.332. The smallest absolute Gasteiger partial charge is 0.433 e. The Hall–Kier alpha value is -2.32. The molecule has 4 rings (SSSR count). The second-order valence-electron chi connectivity index (χ2n) is 7.21. The predicted octanol–water partition coefficient (Wildman–Crippen LogP) is 0.703. The van der Waals surface area contributed by atoms with E-state index in [1.54, 1.807) is 11.9 Å². The minimum Gasteiger partial charge on any atom is -0.471 e. The van der Waals surface area contributed by atoms with Crippen LogP contribution in [0.3, 0.4) is 0 Å². The van der Waals surface area contributed by atoms with Gasteiger partial charge >= 0.3 is 6.18 Å². The van der Waals surface area contributed by atoms with Gasteiger partial charge in [0.1, 0.15) is 18.6 Å². The summed E-state index contributed by atoms with van der Waals surface area (Å²) in [6, 6.07) is 0.112. The van der Waals surface area contributed by atoms with E-state index in [2.05, 4.69) is 15.0 Å². The van der Waals surface area contributed by atoms with E-state index in [1.165, 1.54) is 17.1 Å². The number of imidazole rings is 1. The van der Waals surface area contributed by atoms with Crippen molar-refractivity contribution in [1.82, 2.24) is 28.7 Å². The zero-order chi connectivity index (χ0) is 21.7. The molecule has 0 radical (unpaired) electrons. The van der Waals surface area contributed by atoms with Gasteiger partial charge in [-0.25, -0.2) is 27.8 Å². The summed E-state index contributed by atoms with van der Waals surface area (Å²) < 4.78 is 86.2. The van der Waals surface area contributed by atoms with Crippen molar-refractivity contribution in [3.63, 3.8) is 0 Å². The van der Waals surface area contributed by atoms with Crippen LogP contribution in [-0.4, -0.2) is 81.6 Å². The van der Waals surface area contributed by atoms with E-state index in [9.17, 15) is 26.0 Å². The van der Waals surface area contributed by atoms with Crippen LogP contribution in [0.25, 0.3) is 0 Å². The van der Waals surface area contributed by atoms with Crippen molar-refractivity contribution in [2.75, 3.05) is 26.2 Å². The monoisotopic (exact) mass is 450 g/mol. The van der Waals surface area contributed by atoms with Gasteiger partial charge in [-0.15, -0.1) is 0 Å². The van der Waals surface area contributed by atoms with Gasteiger partial charge in [0.2, 0.25) is 5.88 Å². The Balaban J connectivity index is 1.58. The summed E-state index contributed by atoms with van der Waals surface area (Å²) in [5, 5.41) is -0.155. The van der Waals surface area contributed by atoms with Crippen molar-refractivity contribution in [3.8, 4) is 5.88 Å². The molecule has 0 N–H and O–H groups in total. The molecule has 0 amide bonds. The molecular formula is C16H18F4N6O3S. The molecule has 2 aliphatic rings. The third kappa shape index (κ3) is 3.98. The standard InChI is InChI=1S/C16H18F4N6O3S/c1-24-7-15(23-9-24)30(27,28)26-5-11(25-3-10(17)4-25)12(6-26)29-14-2-13(16(18,19)20)21-8-22-14/h2,7-12H,3-6H2,1H3/t11-,12-/m0/s1. The number of ether oxygens (including phenoxy) is 1. The van der Waals surface area contributed by atoms with E-state index in [1.807, 2.05) is 0 Å². The molecule has 0 bridgehead atoms. The first-order valence-electron chi connectivity index (χ1n) is 8.96. The fourth-order valence-corrected chi connectivity index (χ4v) is 4.92. The molecule has 14 heteroatoms. The van der Waals surface area contributed by atoms with Gasteiger partial charge in [0.05, 0.1) is 18.9 Å². The van der Waals surface area contributed by atoms with Gasteiger partial charge in [0.15, 0.2) is 10.7 Å². The van der Waals surface area contributed by atoms with Crippen LogP contribution < -0.4 is 4.74 Å². The van der Waals surface area contributed by atoms with Crippen LogP contribution in [0.2, 0.25) is 0 Å². The van der Waals surface area contributed by atoms with Crippen LogP contribution in [-0.2, 0) is 23.2 Å². The number of nitrogens with zero attached hydrogens (tertiary/aromatic N) is 6. The number of aryl methyl sites for hydroxylation is 1. The number of alkyl halides is 4. The van der Waals surface area contributed by atoms with E-state index in [0.29, 0.717) is 6.07 Å². The second-order valence-corrected chi connectivity index (χ2v) is 9.10. The molecule has 2 aromatic heterocycles. The Labute approximate surface area is 169 Å². The van der Waals surface area contributed by atoms with Crippen molar-refractivity contribution in [1.29, 1.82) is 0 Å². The van der Waals surface area contributed by atoms with Crippen molar-refractivity contribution in [2.24, 2.45) is 7.05 Å². The average Bonchev–Trinajstić information content (AvgIpc) is 3.26. The maximum atomic E-state index is 13.4. The van der Waals surface area contributed by atoms with Gasteiger partial charge in [-0.05, 0) is 0 Å². The van der Waals surface area contributed by atoms with E-state index < -0.39 is 40.2 Å². The molecular weight excluding hydrogens is 432 g/mol. The lowest BCUT2D eigenvalue weighted by molar-refractivity contribution is -0.141. The molecule has 30 heavy (non-hydrogen) atoms. The molecule has 4 heterocycles. The molecule has 2 atom stereocenters. The summed E-state index contributed by atoms with van der Waals surface area (Å²) in [5.41, 5.74) is -1.17. The number of rotatable bonds is 5. The van der Waals surface area contributed by atoms with Crippen molar-refractivity contribution in [3.05, 3.63) is 30.6 Å². The molecule has 2 fully saturated rings. The number of likely N-dealkylation sites (tertiary alicyclic amines) is 1. The molecule has 2 aliphatic heterocycles. The van der Waals surface area contributed by atoms with Crippen molar-refractivity contribution < 1.29 is 30.7 Å². The molecule has 2 saturated heterocycles. The largest absolute Gasteiger partial charge is 0.471 e. The van der Waals surface area contributed by atoms with Gasteiger partial charge in [0.25, 0.3) is 10.0 Å². The Kier molecular flexibility index (Phi) is 5.18. The number of aromatic nitrogens is 4. The molecule has 0 aliphatic carbocycles. The van der Waals surface area contributed by atoms with Crippen LogP contribution in [0.5, 0.6) is 5.88 Å². The normalized spacial score (nSPS) is 24.2. The quantitative estimate of drug-likeness (QED) is 0.620. The van der Waals surface area contributed by atoms with E-state index >= 15 is 0 Å².